The Hall–Kier alpha value is -1.92. The zero-order valence-corrected chi connectivity index (χ0v) is 12.7. The van der Waals surface area contributed by atoms with E-state index in [1.165, 1.54) is 30.3 Å². The van der Waals surface area contributed by atoms with Gasteiger partial charge in [0, 0.05) is 5.56 Å². The van der Waals surface area contributed by atoms with Gasteiger partial charge in [0.1, 0.15) is 5.02 Å². The molecule has 5 nitrogen and oxygen atoms in total. The molecule has 0 spiro atoms. The summed E-state index contributed by atoms with van der Waals surface area (Å²) in [5.74, 6) is -0.465. The molecule has 2 aromatic rings. The maximum Gasteiger partial charge on any atom is 0.292 e. The van der Waals surface area contributed by atoms with Crippen LogP contribution in [-0.2, 0) is 15.6 Å². The molecule has 0 radical (unpaired) electrons. The Morgan fingerprint density at radius 2 is 1.76 bits per heavy atom. The van der Waals surface area contributed by atoms with Crippen LogP contribution in [0.1, 0.15) is 11.1 Å². The fourth-order valence-corrected chi connectivity index (χ4v) is 3.54. The number of nitro groups is 1. The zero-order valence-electron chi connectivity index (χ0n) is 11.1. The van der Waals surface area contributed by atoms with Crippen LogP contribution in [0.3, 0.4) is 0 Å². The molecule has 0 unspecified atom stereocenters. The first-order chi connectivity index (χ1) is 9.81. The van der Waals surface area contributed by atoms with Crippen molar-refractivity contribution in [2.24, 2.45) is 0 Å². The molecule has 0 fully saturated rings. The van der Waals surface area contributed by atoms with Crippen LogP contribution in [-0.4, -0.2) is 13.3 Å². The Kier molecular flexibility index (Phi) is 4.29. The van der Waals surface area contributed by atoms with Crippen molar-refractivity contribution in [3.05, 3.63) is 68.7 Å². The maximum absolute atomic E-state index is 12.3. The minimum absolute atomic E-state index is 0.0726. The van der Waals surface area contributed by atoms with Crippen LogP contribution >= 0.6 is 11.6 Å². The molecule has 0 heterocycles. The first-order valence-electron chi connectivity index (χ1n) is 6.02. The number of rotatable bonds is 4. The summed E-state index contributed by atoms with van der Waals surface area (Å²) >= 11 is 5.78. The van der Waals surface area contributed by atoms with Gasteiger partial charge < -0.3 is 0 Å². The van der Waals surface area contributed by atoms with Crippen LogP contribution < -0.4 is 0 Å². The van der Waals surface area contributed by atoms with E-state index < -0.39 is 20.5 Å². The van der Waals surface area contributed by atoms with E-state index in [1.807, 2.05) is 6.92 Å². The summed E-state index contributed by atoms with van der Waals surface area (Å²) < 4.78 is 24.7. The topological polar surface area (TPSA) is 77.3 Å². The van der Waals surface area contributed by atoms with E-state index in [9.17, 15) is 18.5 Å². The molecule has 0 N–H and O–H groups in total. The number of hydrogen-bond acceptors (Lipinski definition) is 4. The van der Waals surface area contributed by atoms with Crippen molar-refractivity contribution in [1.82, 2.24) is 0 Å². The number of nitrogens with zero attached hydrogens (tertiary/aromatic N) is 1. The lowest BCUT2D eigenvalue weighted by molar-refractivity contribution is -0.385. The summed E-state index contributed by atoms with van der Waals surface area (Å²) in [4.78, 5) is 10.5. The van der Waals surface area contributed by atoms with E-state index in [1.54, 1.807) is 12.1 Å². The number of benzene rings is 2. The highest BCUT2D eigenvalue weighted by Crippen LogP contribution is 2.30. The van der Waals surface area contributed by atoms with Gasteiger partial charge >= 0.3 is 0 Å². The molecular formula is C14H12ClNO4S. The fraction of sp³-hybridized carbons (Fsp3) is 0.143. The SMILES string of the molecule is Cc1ccc(S(=O)(=O)Cc2cccc(Cl)c2[N+](=O)[O-])cc1. The third kappa shape index (κ3) is 3.40. The first-order valence-corrected chi connectivity index (χ1v) is 8.05. The van der Waals surface area contributed by atoms with Crippen molar-refractivity contribution < 1.29 is 13.3 Å². The van der Waals surface area contributed by atoms with E-state index in [0.29, 0.717) is 0 Å². The van der Waals surface area contributed by atoms with Crippen LogP contribution in [0.4, 0.5) is 5.69 Å². The number of hydrogen-bond donors (Lipinski definition) is 0. The quantitative estimate of drug-likeness (QED) is 0.636. The second-order valence-electron chi connectivity index (χ2n) is 4.58. The van der Waals surface area contributed by atoms with Gasteiger partial charge in [0.2, 0.25) is 0 Å². The summed E-state index contributed by atoms with van der Waals surface area (Å²) in [5.41, 5.74) is 0.644. The fourth-order valence-electron chi connectivity index (χ4n) is 1.91. The van der Waals surface area contributed by atoms with Gasteiger partial charge in [0.25, 0.3) is 5.69 Å². The van der Waals surface area contributed by atoms with Crippen LogP contribution in [0.15, 0.2) is 47.4 Å². The van der Waals surface area contributed by atoms with E-state index in [2.05, 4.69) is 0 Å². The predicted octanol–water partition coefficient (Wildman–Crippen LogP) is 3.53. The molecule has 2 aromatic carbocycles. The lowest BCUT2D eigenvalue weighted by Crippen LogP contribution is -2.07. The van der Waals surface area contributed by atoms with Crippen LogP contribution in [0.5, 0.6) is 0 Å². The molecule has 2 rings (SSSR count). The van der Waals surface area contributed by atoms with Crippen LogP contribution in [0.25, 0.3) is 0 Å². The molecule has 21 heavy (non-hydrogen) atoms. The summed E-state index contributed by atoms with van der Waals surface area (Å²) in [5, 5.41) is 11.0. The summed E-state index contributed by atoms with van der Waals surface area (Å²) in [6, 6.07) is 10.6. The monoisotopic (exact) mass is 325 g/mol. The molecule has 0 atom stereocenters. The van der Waals surface area contributed by atoms with Crippen LogP contribution in [0, 0.1) is 17.0 Å². The van der Waals surface area contributed by atoms with Gasteiger partial charge in [0.05, 0.1) is 15.6 Å². The number of halogens is 1. The second-order valence-corrected chi connectivity index (χ2v) is 6.97. The Bertz CT molecular complexity index is 785. The number of para-hydroxylation sites is 1. The first kappa shape index (κ1) is 15.5. The zero-order chi connectivity index (χ0) is 15.6. The number of sulfone groups is 1. The molecule has 0 amide bonds. The van der Waals surface area contributed by atoms with E-state index in [0.717, 1.165) is 5.56 Å². The highest BCUT2D eigenvalue weighted by molar-refractivity contribution is 7.90. The van der Waals surface area contributed by atoms with Gasteiger partial charge in [-0.15, -0.1) is 0 Å². The summed E-state index contributed by atoms with van der Waals surface area (Å²) in [7, 11) is -3.67. The number of nitro benzene ring substituents is 1. The highest BCUT2D eigenvalue weighted by atomic mass is 35.5. The van der Waals surface area contributed by atoms with Gasteiger partial charge in [-0.1, -0.05) is 41.4 Å². The molecule has 0 aromatic heterocycles. The molecule has 0 aliphatic rings. The van der Waals surface area contributed by atoms with Crippen molar-refractivity contribution in [3.63, 3.8) is 0 Å². The van der Waals surface area contributed by atoms with Crippen molar-refractivity contribution in [1.29, 1.82) is 0 Å². The van der Waals surface area contributed by atoms with Crippen LogP contribution in [0.2, 0.25) is 5.02 Å². The van der Waals surface area contributed by atoms with Gasteiger partial charge in [-0.05, 0) is 25.1 Å². The Morgan fingerprint density at radius 3 is 2.33 bits per heavy atom. The lowest BCUT2D eigenvalue weighted by atomic mass is 10.2. The van der Waals surface area contributed by atoms with E-state index in [-0.39, 0.29) is 21.2 Å². The number of aryl methyl sites for hydroxylation is 1. The van der Waals surface area contributed by atoms with Crippen molar-refractivity contribution in [2.75, 3.05) is 0 Å². The molecule has 7 heteroatoms. The minimum atomic E-state index is -3.67. The van der Waals surface area contributed by atoms with E-state index in [4.69, 9.17) is 11.6 Å². The Balaban J connectivity index is 2.44. The largest absolute Gasteiger partial charge is 0.292 e. The maximum atomic E-state index is 12.3. The van der Waals surface area contributed by atoms with Crippen molar-refractivity contribution in [2.45, 2.75) is 17.6 Å². The van der Waals surface area contributed by atoms with Gasteiger partial charge in [-0.3, -0.25) is 10.1 Å². The van der Waals surface area contributed by atoms with E-state index >= 15 is 0 Å². The average Bonchev–Trinajstić information content (AvgIpc) is 2.38. The van der Waals surface area contributed by atoms with Crippen molar-refractivity contribution in [3.8, 4) is 0 Å². The molecule has 0 saturated carbocycles. The predicted molar refractivity (Wildman–Crippen MR) is 80.2 cm³/mol. The third-order valence-electron chi connectivity index (χ3n) is 2.98. The molecule has 0 aliphatic carbocycles. The normalized spacial score (nSPS) is 11.3. The smallest absolute Gasteiger partial charge is 0.258 e. The molecular weight excluding hydrogens is 314 g/mol. The standard InChI is InChI=1S/C14H12ClNO4S/c1-10-5-7-12(8-6-10)21(19,20)9-11-3-2-4-13(15)14(11)16(17)18/h2-8H,9H2,1H3. The van der Waals surface area contributed by atoms with Gasteiger partial charge in [-0.2, -0.15) is 0 Å². The average molecular weight is 326 g/mol. The van der Waals surface area contributed by atoms with Gasteiger partial charge in [-0.25, -0.2) is 8.42 Å². The molecule has 110 valence electrons. The molecule has 0 bridgehead atoms. The highest BCUT2D eigenvalue weighted by Gasteiger charge is 2.24. The summed E-state index contributed by atoms with van der Waals surface area (Å²) in [6.07, 6.45) is 0. The third-order valence-corrected chi connectivity index (χ3v) is 4.96. The Morgan fingerprint density at radius 1 is 1.14 bits per heavy atom. The Labute approximate surface area is 127 Å². The molecule has 0 aliphatic heterocycles. The van der Waals surface area contributed by atoms with Crippen molar-refractivity contribution >= 4 is 27.1 Å². The summed E-state index contributed by atoms with van der Waals surface area (Å²) in [6.45, 7) is 1.85. The minimum Gasteiger partial charge on any atom is -0.258 e. The molecule has 0 saturated heterocycles. The second kappa shape index (κ2) is 5.83. The lowest BCUT2D eigenvalue weighted by Gasteiger charge is -2.06. The van der Waals surface area contributed by atoms with Gasteiger partial charge in [0.15, 0.2) is 9.84 Å².